The van der Waals surface area contributed by atoms with Crippen molar-refractivity contribution in [2.45, 2.75) is 51.4 Å². The SMILES string of the molecule is CCNC1CCCCc2cn(CC(F)(F)F)cc21. The largest absolute Gasteiger partial charge is 0.406 e. The molecule has 1 N–H and O–H groups in total. The highest BCUT2D eigenvalue weighted by atomic mass is 19.4. The third-order valence-electron chi connectivity index (χ3n) is 3.37. The summed E-state index contributed by atoms with van der Waals surface area (Å²) in [4.78, 5) is 0. The summed E-state index contributed by atoms with van der Waals surface area (Å²) >= 11 is 0. The molecule has 0 spiro atoms. The van der Waals surface area contributed by atoms with Crippen molar-refractivity contribution in [2.24, 2.45) is 0 Å². The van der Waals surface area contributed by atoms with Crippen LogP contribution in [0.2, 0.25) is 0 Å². The van der Waals surface area contributed by atoms with Crippen LogP contribution in [0.1, 0.15) is 43.4 Å². The number of hydrogen-bond acceptors (Lipinski definition) is 1. The fourth-order valence-electron chi connectivity index (χ4n) is 2.67. The molecule has 2 nitrogen and oxygen atoms in total. The van der Waals surface area contributed by atoms with Crippen LogP contribution >= 0.6 is 0 Å². The van der Waals surface area contributed by atoms with Crippen molar-refractivity contribution in [3.05, 3.63) is 23.5 Å². The second-order valence-electron chi connectivity index (χ2n) is 4.88. The van der Waals surface area contributed by atoms with Crippen LogP contribution < -0.4 is 5.32 Å². The van der Waals surface area contributed by atoms with E-state index in [-0.39, 0.29) is 6.04 Å². The summed E-state index contributed by atoms with van der Waals surface area (Å²) < 4.78 is 38.5. The number of nitrogens with zero attached hydrogens (tertiary/aromatic N) is 1. The number of aryl methyl sites for hydroxylation is 1. The third-order valence-corrected chi connectivity index (χ3v) is 3.37. The number of nitrogens with one attached hydrogen (secondary N) is 1. The van der Waals surface area contributed by atoms with Gasteiger partial charge < -0.3 is 9.88 Å². The molecule has 1 heterocycles. The summed E-state index contributed by atoms with van der Waals surface area (Å²) in [7, 11) is 0. The zero-order valence-electron chi connectivity index (χ0n) is 10.6. The van der Waals surface area contributed by atoms with E-state index in [0.29, 0.717) is 0 Å². The monoisotopic (exact) mass is 260 g/mol. The topological polar surface area (TPSA) is 17.0 Å². The van der Waals surface area contributed by atoms with Crippen LogP contribution in [-0.2, 0) is 13.0 Å². The number of alkyl halides is 3. The molecule has 0 aliphatic heterocycles. The van der Waals surface area contributed by atoms with Crippen LogP contribution in [-0.4, -0.2) is 17.3 Å². The van der Waals surface area contributed by atoms with E-state index in [1.54, 1.807) is 12.4 Å². The van der Waals surface area contributed by atoms with E-state index in [4.69, 9.17) is 0 Å². The van der Waals surface area contributed by atoms with Gasteiger partial charge in [0.2, 0.25) is 0 Å². The smallest absolute Gasteiger partial charge is 0.345 e. The third kappa shape index (κ3) is 3.28. The van der Waals surface area contributed by atoms with Gasteiger partial charge in [0.1, 0.15) is 6.54 Å². The maximum absolute atomic E-state index is 12.4. The second kappa shape index (κ2) is 5.34. The average Bonchev–Trinajstić information content (AvgIpc) is 2.54. The van der Waals surface area contributed by atoms with E-state index >= 15 is 0 Å². The molecule has 1 aliphatic rings. The molecule has 0 bridgehead atoms. The van der Waals surface area contributed by atoms with Gasteiger partial charge in [0.05, 0.1) is 0 Å². The van der Waals surface area contributed by atoms with E-state index in [1.807, 2.05) is 6.92 Å². The number of hydrogen-bond donors (Lipinski definition) is 1. The van der Waals surface area contributed by atoms with Crippen LogP contribution in [0.15, 0.2) is 12.4 Å². The van der Waals surface area contributed by atoms with E-state index in [9.17, 15) is 13.2 Å². The summed E-state index contributed by atoms with van der Waals surface area (Å²) in [6.07, 6.45) is 3.28. The Bertz CT molecular complexity index is 395. The molecule has 2 rings (SSSR count). The molecule has 0 aromatic carbocycles. The fourth-order valence-corrected chi connectivity index (χ4v) is 2.67. The first-order valence-corrected chi connectivity index (χ1v) is 6.48. The predicted molar refractivity (Wildman–Crippen MR) is 64.5 cm³/mol. The maximum atomic E-state index is 12.4. The van der Waals surface area contributed by atoms with Crippen molar-refractivity contribution in [2.75, 3.05) is 6.54 Å². The molecule has 1 aromatic rings. The predicted octanol–water partition coefficient (Wildman–Crippen LogP) is 3.43. The summed E-state index contributed by atoms with van der Waals surface area (Å²) in [5, 5.41) is 3.36. The molecule has 0 saturated carbocycles. The Hall–Kier alpha value is -0.970. The molecule has 0 saturated heterocycles. The van der Waals surface area contributed by atoms with E-state index < -0.39 is 12.7 Å². The van der Waals surface area contributed by atoms with Crippen molar-refractivity contribution < 1.29 is 13.2 Å². The standard InChI is InChI=1S/C13H19F3N2/c1-2-17-12-6-4-3-5-10-7-18(8-11(10)12)9-13(14,15)16/h7-8,12,17H,2-6,9H2,1H3. The molecular formula is C13H19F3N2. The highest BCUT2D eigenvalue weighted by Crippen LogP contribution is 2.30. The van der Waals surface area contributed by atoms with Gasteiger partial charge in [-0.15, -0.1) is 0 Å². The lowest BCUT2D eigenvalue weighted by atomic mass is 10.0. The molecule has 102 valence electrons. The molecule has 0 radical (unpaired) electrons. The zero-order valence-corrected chi connectivity index (χ0v) is 10.6. The van der Waals surface area contributed by atoms with E-state index in [2.05, 4.69) is 5.32 Å². The Morgan fingerprint density at radius 3 is 2.78 bits per heavy atom. The molecule has 1 aromatic heterocycles. The van der Waals surface area contributed by atoms with Crippen molar-refractivity contribution in [3.8, 4) is 0 Å². The Kier molecular flexibility index (Phi) is 4.00. The van der Waals surface area contributed by atoms with Crippen molar-refractivity contribution in [3.63, 3.8) is 0 Å². The maximum Gasteiger partial charge on any atom is 0.406 e. The van der Waals surface area contributed by atoms with Crippen molar-refractivity contribution >= 4 is 0 Å². The molecule has 5 heteroatoms. The highest BCUT2D eigenvalue weighted by molar-refractivity contribution is 5.29. The van der Waals surface area contributed by atoms with Gasteiger partial charge in [-0.1, -0.05) is 13.3 Å². The molecule has 0 amide bonds. The van der Waals surface area contributed by atoms with Crippen LogP contribution in [0.5, 0.6) is 0 Å². The van der Waals surface area contributed by atoms with Crippen LogP contribution in [0, 0.1) is 0 Å². The fraction of sp³-hybridized carbons (Fsp3) is 0.692. The van der Waals surface area contributed by atoms with Gasteiger partial charge in [0.15, 0.2) is 0 Å². The Labute approximate surface area is 105 Å². The summed E-state index contributed by atoms with van der Waals surface area (Å²) in [6.45, 7) is 1.98. The normalized spacial score (nSPS) is 20.6. The van der Waals surface area contributed by atoms with E-state index in [0.717, 1.165) is 43.4 Å². The molecular weight excluding hydrogens is 241 g/mol. The first-order chi connectivity index (χ1) is 8.49. The molecule has 1 atom stereocenters. The van der Waals surface area contributed by atoms with Gasteiger partial charge in [-0.3, -0.25) is 0 Å². The van der Waals surface area contributed by atoms with Gasteiger partial charge >= 0.3 is 6.18 Å². The summed E-state index contributed by atoms with van der Waals surface area (Å²) in [6, 6.07) is 0.210. The average molecular weight is 260 g/mol. The number of aromatic nitrogens is 1. The number of fused-ring (bicyclic) bond motifs is 1. The second-order valence-corrected chi connectivity index (χ2v) is 4.88. The minimum atomic E-state index is -4.15. The first-order valence-electron chi connectivity index (χ1n) is 6.48. The first kappa shape index (κ1) is 13.5. The Balaban J connectivity index is 2.21. The van der Waals surface area contributed by atoms with Crippen molar-refractivity contribution in [1.82, 2.24) is 9.88 Å². The number of rotatable bonds is 3. The molecule has 1 unspecified atom stereocenters. The quantitative estimate of drug-likeness (QED) is 0.824. The van der Waals surface area contributed by atoms with Crippen LogP contribution in [0.25, 0.3) is 0 Å². The van der Waals surface area contributed by atoms with Crippen LogP contribution in [0.3, 0.4) is 0 Å². The lowest BCUT2D eigenvalue weighted by molar-refractivity contribution is -0.140. The minimum absolute atomic E-state index is 0.210. The lowest BCUT2D eigenvalue weighted by Gasteiger charge is -2.15. The van der Waals surface area contributed by atoms with Gasteiger partial charge in [-0.25, -0.2) is 0 Å². The summed E-state index contributed by atoms with van der Waals surface area (Å²) in [5.74, 6) is 0. The Morgan fingerprint density at radius 1 is 1.33 bits per heavy atom. The van der Waals surface area contributed by atoms with Crippen LogP contribution in [0.4, 0.5) is 13.2 Å². The number of halogens is 3. The summed E-state index contributed by atoms with van der Waals surface area (Å²) in [5.41, 5.74) is 2.13. The van der Waals surface area contributed by atoms with E-state index in [1.165, 1.54) is 4.57 Å². The van der Waals surface area contributed by atoms with Gasteiger partial charge in [-0.2, -0.15) is 13.2 Å². The Morgan fingerprint density at radius 2 is 2.11 bits per heavy atom. The van der Waals surface area contributed by atoms with Gasteiger partial charge in [0, 0.05) is 18.4 Å². The van der Waals surface area contributed by atoms with Crippen molar-refractivity contribution in [1.29, 1.82) is 0 Å². The zero-order chi connectivity index (χ0) is 13.2. The minimum Gasteiger partial charge on any atom is -0.345 e. The molecule has 18 heavy (non-hydrogen) atoms. The van der Waals surface area contributed by atoms with Gasteiger partial charge in [0.25, 0.3) is 0 Å². The molecule has 0 fully saturated rings. The van der Waals surface area contributed by atoms with Gasteiger partial charge in [-0.05, 0) is 36.9 Å². The molecule has 1 aliphatic carbocycles. The lowest BCUT2D eigenvalue weighted by Crippen LogP contribution is -2.20. The highest BCUT2D eigenvalue weighted by Gasteiger charge is 2.29.